The standard InChI is InChI=1S/C9H7N3O/c1-2-13-5-8-9-7(4-12(1)8)3-10-6-11-9/h1-3,5-6H,4H2. The summed E-state index contributed by atoms with van der Waals surface area (Å²) in [7, 11) is 0. The minimum absolute atomic E-state index is 0.835. The Morgan fingerprint density at radius 3 is 3.46 bits per heavy atom. The molecule has 0 unspecified atom stereocenters. The predicted octanol–water partition coefficient (Wildman–Crippen LogP) is 1.09. The van der Waals surface area contributed by atoms with Gasteiger partial charge in [-0.25, -0.2) is 9.97 Å². The van der Waals surface area contributed by atoms with Crippen LogP contribution in [0, 0.1) is 0 Å². The first-order valence-corrected chi connectivity index (χ1v) is 4.03. The summed E-state index contributed by atoms with van der Waals surface area (Å²) >= 11 is 0. The van der Waals surface area contributed by atoms with Gasteiger partial charge in [-0.2, -0.15) is 0 Å². The van der Waals surface area contributed by atoms with E-state index in [-0.39, 0.29) is 0 Å². The Labute approximate surface area is 75.2 Å². The number of fused-ring (bicyclic) bond motifs is 3. The van der Waals surface area contributed by atoms with Gasteiger partial charge in [-0.15, -0.1) is 0 Å². The fourth-order valence-corrected chi connectivity index (χ4v) is 1.58. The predicted molar refractivity (Wildman–Crippen MR) is 45.8 cm³/mol. The van der Waals surface area contributed by atoms with Crippen LogP contribution in [0.15, 0.2) is 31.2 Å². The van der Waals surface area contributed by atoms with Gasteiger partial charge in [-0.05, 0) is 0 Å². The fourth-order valence-electron chi connectivity index (χ4n) is 1.58. The molecule has 0 saturated heterocycles. The molecular weight excluding hydrogens is 166 g/mol. The van der Waals surface area contributed by atoms with Crippen molar-refractivity contribution in [3.63, 3.8) is 0 Å². The van der Waals surface area contributed by atoms with E-state index in [4.69, 9.17) is 4.74 Å². The lowest BCUT2D eigenvalue weighted by Crippen LogP contribution is -2.09. The van der Waals surface area contributed by atoms with Crippen LogP contribution < -0.4 is 0 Å². The normalized spacial score (nSPS) is 17.5. The van der Waals surface area contributed by atoms with E-state index >= 15 is 0 Å². The zero-order valence-electron chi connectivity index (χ0n) is 6.84. The minimum atomic E-state index is 0.835. The minimum Gasteiger partial charge on any atom is -0.469 e. The van der Waals surface area contributed by atoms with Crippen LogP contribution in [0.2, 0.25) is 0 Å². The molecule has 0 N–H and O–H groups in total. The maximum atomic E-state index is 5.10. The Morgan fingerprint density at radius 2 is 2.46 bits per heavy atom. The van der Waals surface area contributed by atoms with Crippen LogP contribution in [0.1, 0.15) is 11.3 Å². The number of hydrogen-bond acceptors (Lipinski definition) is 4. The second-order valence-electron chi connectivity index (χ2n) is 2.95. The van der Waals surface area contributed by atoms with E-state index in [0.717, 1.165) is 23.5 Å². The van der Waals surface area contributed by atoms with Crippen LogP contribution in [0.5, 0.6) is 0 Å². The van der Waals surface area contributed by atoms with Crippen LogP contribution in [-0.2, 0) is 11.3 Å². The summed E-state index contributed by atoms with van der Waals surface area (Å²) in [5, 5.41) is 0. The first-order valence-electron chi connectivity index (χ1n) is 4.03. The molecule has 64 valence electrons. The molecule has 0 radical (unpaired) electrons. The number of hydrogen-bond donors (Lipinski definition) is 0. The van der Waals surface area contributed by atoms with E-state index in [1.54, 1.807) is 18.9 Å². The van der Waals surface area contributed by atoms with Crippen molar-refractivity contribution >= 4 is 5.70 Å². The van der Waals surface area contributed by atoms with Crippen molar-refractivity contribution in [3.05, 3.63) is 42.5 Å². The Kier molecular flexibility index (Phi) is 1.19. The van der Waals surface area contributed by atoms with E-state index in [1.165, 1.54) is 0 Å². The molecule has 13 heavy (non-hydrogen) atoms. The van der Waals surface area contributed by atoms with Gasteiger partial charge < -0.3 is 9.64 Å². The number of aromatic nitrogens is 2. The zero-order chi connectivity index (χ0) is 8.67. The largest absolute Gasteiger partial charge is 0.469 e. The van der Waals surface area contributed by atoms with Crippen LogP contribution in [0.25, 0.3) is 5.70 Å². The third-order valence-electron chi connectivity index (χ3n) is 2.18. The van der Waals surface area contributed by atoms with Crippen LogP contribution in [0.3, 0.4) is 0 Å². The maximum Gasteiger partial charge on any atom is 0.116 e. The SMILES string of the molecule is C1=CN2Cc3cncnc3C2=CO1. The first kappa shape index (κ1) is 6.65. The molecule has 4 heteroatoms. The quantitative estimate of drug-likeness (QED) is 0.588. The average Bonchev–Trinajstić information content (AvgIpc) is 2.56. The van der Waals surface area contributed by atoms with Crippen molar-refractivity contribution in [2.24, 2.45) is 0 Å². The lowest BCUT2D eigenvalue weighted by Gasteiger charge is -2.16. The van der Waals surface area contributed by atoms with Crippen molar-refractivity contribution in [1.29, 1.82) is 0 Å². The summed E-state index contributed by atoms with van der Waals surface area (Å²) in [5.41, 5.74) is 3.13. The van der Waals surface area contributed by atoms with Gasteiger partial charge in [0.2, 0.25) is 0 Å². The van der Waals surface area contributed by atoms with Crippen LogP contribution in [0.4, 0.5) is 0 Å². The molecular formula is C9H7N3O. The highest BCUT2D eigenvalue weighted by Gasteiger charge is 2.25. The number of nitrogens with zero attached hydrogens (tertiary/aromatic N) is 3. The van der Waals surface area contributed by atoms with Gasteiger partial charge >= 0.3 is 0 Å². The van der Waals surface area contributed by atoms with Crippen molar-refractivity contribution in [1.82, 2.24) is 14.9 Å². The summed E-state index contributed by atoms with van der Waals surface area (Å²) < 4.78 is 5.10. The van der Waals surface area contributed by atoms with E-state index in [2.05, 4.69) is 14.9 Å². The summed E-state index contributed by atoms with van der Waals surface area (Å²) in [5.74, 6) is 0. The average molecular weight is 173 g/mol. The van der Waals surface area contributed by atoms with E-state index < -0.39 is 0 Å². The molecule has 0 bridgehead atoms. The zero-order valence-corrected chi connectivity index (χ0v) is 6.84. The molecule has 2 aliphatic rings. The highest BCUT2D eigenvalue weighted by molar-refractivity contribution is 5.67. The van der Waals surface area contributed by atoms with E-state index in [9.17, 15) is 0 Å². The highest BCUT2D eigenvalue weighted by atomic mass is 16.5. The smallest absolute Gasteiger partial charge is 0.116 e. The molecule has 3 rings (SSSR count). The topological polar surface area (TPSA) is 38.2 Å². The van der Waals surface area contributed by atoms with Gasteiger partial charge in [0.25, 0.3) is 0 Å². The molecule has 0 aliphatic carbocycles. The number of rotatable bonds is 0. The lowest BCUT2D eigenvalue weighted by molar-refractivity contribution is 0.360. The fraction of sp³-hybridized carbons (Fsp3) is 0.111. The van der Waals surface area contributed by atoms with Crippen molar-refractivity contribution in [2.75, 3.05) is 0 Å². The third-order valence-corrected chi connectivity index (χ3v) is 2.18. The molecule has 0 fully saturated rings. The monoisotopic (exact) mass is 173 g/mol. The van der Waals surface area contributed by atoms with E-state index in [1.807, 2.05) is 12.4 Å². The molecule has 1 aromatic heterocycles. The van der Waals surface area contributed by atoms with Crippen molar-refractivity contribution < 1.29 is 4.74 Å². The van der Waals surface area contributed by atoms with Crippen LogP contribution >= 0.6 is 0 Å². The molecule has 4 nitrogen and oxygen atoms in total. The summed E-state index contributed by atoms with van der Waals surface area (Å²) in [6.45, 7) is 0.835. The van der Waals surface area contributed by atoms with Crippen molar-refractivity contribution in [2.45, 2.75) is 6.54 Å². The first-order chi connectivity index (χ1) is 6.45. The highest BCUT2D eigenvalue weighted by Crippen LogP contribution is 2.32. The summed E-state index contributed by atoms with van der Waals surface area (Å²) in [6, 6.07) is 0. The van der Waals surface area contributed by atoms with Gasteiger partial charge in [0.05, 0.1) is 12.2 Å². The Hall–Kier alpha value is -1.84. The van der Waals surface area contributed by atoms with Gasteiger partial charge in [0, 0.05) is 18.0 Å². The lowest BCUT2D eigenvalue weighted by atomic mass is 10.2. The molecule has 0 aromatic carbocycles. The number of ether oxygens (including phenoxy) is 1. The molecule has 2 aliphatic heterocycles. The van der Waals surface area contributed by atoms with Crippen molar-refractivity contribution in [3.8, 4) is 0 Å². The van der Waals surface area contributed by atoms with Gasteiger partial charge in [0.1, 0.15) is 24.5 Å². The Bertz CT molecular complexity index is 411. The van der Waals surface area contributed by atoms with Gasteiger partial charge in [-0.1, -0.05) is 0 Å². The molecule has 0 saturated carbocycles. The van der Waals surface area contributed by atoms with Crippen LogP contribution in [-0.4, -0.2) is 14.9 Å². The molecule has 0 spiro atoms. The van der Waals surface area contributed by atoms with E-state index in [0.29, 0.717) is 0 Å². The molecule has 1 aromatic rings. The Balaban J connectivity index is 2.17. The maximum absolute atomic E-state index is 5.10. The Morgan fingerprint density at radius 1 is 1.46 bits per heavy atom. The van der Waals surface area contributed by atoms with Gasteiger partial charge in [0.15, 0.2) is 0 Å². The summed E-state index contributed by atoms with van der Waals surface area (Å²) in [4.78, 5) is 10.3. The summed E-state index contributed by atoms with van der Waals surface area (Å²) in [6.07, 6.45) is 8.66. The second kappa shape index (κ2) is 2.32. The van der Waals surface area contributed by atoms with Gasteiger partial charge in [-0.3, -0.25) is 0 Å². The molecule has 0 atom stereocenters. The second-order valence-corrected chi connectivity index (χ2v) is 2.95. The third kappa shape index (κ3) is 0.853. The molecule has 0 amide bonds. The molecule has 3 heterocycles.